The van der Waals surface area contributed by atoms with E-state index in [1.807, 2.05) is 48.5 Å². The molecule has 4 aromatic heterocycles. The second-order valence-electron chi connectivity index (χ2n) is 11.4. The van der Waals surface area contributed by atoms with Crippen molar-refractivity contribution in [3.8, 4) is 22.9 Å². The Morgan fingerprint density at radius 2 is 1.00 bits per heavy atom. The second-order valence-corrected chi connectivity index (χ2v) is 11.4. The minimum Gasteiger partial charge on any atom is -0.437 e. The van der Waals surface area contributed by atoms with Gasteiger partial charge in [-0.2, -0.15) is 4.98 Å². The monoisotopic (exact) mass is 576 g/mol. The molecule has 0 aliphatic rings. The topological polar surface area (TPSA) is 48.8 Å². The number of para-hydroxylation sites is 4. The van der Waals surface area contributed by atoms with E-state index in [1.165, 1.54) is 32.6 Å². The zero-order chi connectivity index (χ0) is 29.5. The molecule has 0 fully saturated rings. The molecule has 0 amide bonds. The van der Waals surface area contributed by atoms with Gasteiger partial charge in [-0.1, -0.05) is 103 Å². The van der Waals surface area contributed by atoms with Gasteiger partial charge in [-0.05, 0) is 42.5 Å². The average molecular weight is 577 g/mol. The largest absolute Gasteiger partial charge is 0.437 e. The molecule has 4 heterocycles. The number of hydrogen-bond acceptors (Lipinski definition) is 3. The first-order chi connectivity index (χ1) is 22.3. The number of furan rings is 1. The molecule has 0 spiro atoms. The number of nitrogens with zero attached hydrogens (tertiary/aromatic N) is 4. The summed E-state index contributed by atoms with van der Waals surface area (Å²) in [7, 11) is 0. The summed E-state index contributed by atoms with van der Waals surface area (Å²) in [5.74, 6) is 1.44. The van der Waals surface area contributed by atoms with Crippen molar-refractivity contribution in [3.63, 3.8) is 0 Å². The highest BCUT2D eigenvalue weighted by atomic mass is 16.3. The van der Waals surface area contributed by atoms with Gasteiger partial charge in [0.1, 0.15) is 5.58 Å². The normalized spacial score (nSPS) is 12.0. The summed E-state index contributed by atoms with van der Waals surface area (Å²) in [6.07, 6.45) is 0. The number of fused-ring (bicyclic) bond motifs is 9. The Balaban J connectivity index is 1.39. The van der Waals surface area contributed by atoms with E-state index in [1.54, 1.807) is 0 Å². The van der Waals surface area contributed by atoms with Crippen LogP contribution in [0.3, 0.4) is 0 Å². The first kappa shape index (κ1) is 24.3. The molecule has 0 aliphatic carbocycles. The Bertz CT molecular complexity index is 2750. The minimum atomic E-state index is 0.577. The third-order valence-corrected chi connectivity index (χ3v) is 8.94. The molecule has 5 heteroatoms. The van der Waals surface area contributed by atoms with E-state index in [0.717, 1.165) is 44.5 Å². The molecule has 0 bridgehead atoms. The number of aromatic nitrogens is 4. The molecular weight excluding hydrogens is 552 g/mol. The lowest BCUT2D eigenvalue weighted by atomic mass is 10.1. The first-order valence-corrected chi connectivity index (χ1v) is 15.1. The molecular formula is C40H24N4O. The number of hydrogen-bond donors (Lipinski definition) is 0. The van der Waals surface area contributed by atoms with Gasteiger partial charge in [0.2, 0.25) is 5.71 Å². The molecule has 0 saturated carbocycles. The van der Waals surface area contributed by atoms with Gasteiger partial charge in [-0.3, -0.25) is 4.57 Å². The zero-order valence-electron chi connectivity index (χ0n) is 24.1. The van der Waals surface area contributed by atoms with E-state index < -0.39 is 0 Å². The van der Waals surface area contributed by atoms with E-state index in [9.17, 15) is 0 Å². The van der Waals surface area contributed by atoms with Crippen LogP contribution in [0.15, 0.2) is 150 Å². The van der Waals surface area contributed by atoms with Gasteiger partial charge in [-0.25, -0.2) is 4.98 Å². The van der Waals surface area contributed by atoms with E-state index in [0.29, 0.717) is 11.5 Å². The lowest BCUT2D eigenvalue weighted by Gasteiger charge is -2.11. The Labute approximate surface area is 257 Å². The molecule has 0 saturated heterocycles. The van der Waals surface area contributed by atoms with Gasteiger partial charge in [0.05, 0.1) is 27.5 Å². The summed E-state index contributed by atoms with van der Waals surface area (Å²) in [5.41, 5.74) is 7.97. The van der Waals surface area contributed by atoms with Crippen molar-refractivity contribution in [2.75, 3.05) is 0 Å². The van der Waals surface area contributed by atoms with Crippen molar-refractivity contribution in [2.24, 2.45) is 0 Å². The molecule has 45 heavy (non-hydrogen) atoms. The molecule has 0 radical (unpaired) electrons. The maximum absolute atomic E-state index is 6.39. The van der Waals surface area contributed by atoms with Crippen LogP contribution in [-0.2, 0) is 0 Å². The lowest BCUT2D eigenvalue weighted by molar-refractivity contribution is 0.653. The standard InChI is InChI=1S/C40H24N4O/c1-3-13-25(14-4-1)38-41-39(37-29-19-9-12-22-36(29)45-40(37)42-38)44-33-21-11-8-18-28(33)31-23-34-30(24-35(31)44)27-17-7-10-20-32(27)43(34)26-15-5-2-6-16-26/h1-24H. The van der Waals surface area contributed by atoms with Crippen LogP contribution >= 0.6 is 0 Å². The summed E-state index contributed by atoms with van der Waals surface area (Å²) in [4.78, 5) is 10.3. The predicted molar refractivity (Wildman–Crippen MR) is 183 cm³/mol. The average Bonchev–Trinajstić information content (AvgIpc) is 3.75. The van der Waals surface area contributed by atoms with Crippen LogP contribution in [-0.4, -0.2) is 19.1 Å². The van der Waals surface area contributed by atoms with Crippen molar-refractivity contribution in [1.82, 2.24) is 19.1 Å². The first-order valence-electron chi connectivity index (χ1n) is 15.1. The van der Waals surface area contributed by atoms with Crippen LogP contribution in [0.1, 0.15) is 0 Å². The van der Waals surface area contributed by atoms with Gasteiger partial charge in [0, 0.05) is 38.2 Å². The van der Waals surface area contributed by atoms with Crippen LogP contribution in [0.2, 0.25) is 0 Å². The zero-order valence-corrected chi connectivity index (χ0v) is 24.1. The highest BCUT2D eigenvalue weighted by Gasteiger charge is 2.23. The van der Waals surface area contributed by atoms with Crippen LogP contribution in [0.5, 0.6) is 0 Å². The smallest absolute Gasteiger partial charge is 0.233 e. The number of rotatable bonds is 3. The molecule has 0 unspecified atom stereocenters. The molecule has 10 rings (SSSR count). The molecule has 5 nitrogen and oxygen atoms in total. The van der Waals surface area contributed by atoms with Crippen LogP contribution in [0.4, 0.5) is 0 Å². The molecule has 210 valence electrons. The van der Waals surface area contributed by atoms with Crippen LogP contribution in [0.25, 0.3) is 88.6 Å². The quantitative estimate of drug-likeness (QED) is 0.210. The predicted octanol–water partition coefficient (Wildman–Crippen LogP) is 10.2. The molecule has 0 N–H and O–H groups in total. The Morgan fingerprint density at radius 3 is 1.71 bits per heavy atom. The Kier molecular flexibility index (Phi) is 4.93. The van der Waals surface area contributed by atoms with Gasteiger partial charge in [-0.15, -0.1) is 0 Å². The molecule has 6 aromatic carbocycles. The third-order valence-electron chi connectivity index (χ3n) is 8.94. The van der Waals surface area contributed by atoms with E-state index in [4.69, 9.17) is 14.4 Å². The lowest BCUT2D eigenvalue weighted by Crippen LogP contribution is -2.02. The fourth-order valence-electron chi connectivity index (χ4n) is 7.00. The highest BCUT2D eigenvalue weighted by Crippen LogP contribution is 2.41. The van der Waals surface area contributed by atoms with Crippen LogP contribution in [0, 0.1) is 0 Å². The maximum atomic E-state index is 6.39. The summed E-state index contributed by atoms with van der Waals surface area (Å²) in [6, 6.07) is 50.8. The van der Waals surface area contributed by atoms with Crippen LogP contribution < -0.4 is 0 Å². The van der Waals surface area contributed by atoms with Crippen molar-refractivity contribution < 1.29 is 4.42 Å². The summed E-state index contributed by atoms with van der Waals surface area (Å²) >= 11 is 0. The minimum absolute atomic E-state index is 0.577. The highest BCUT2D eigenvalue weighted by molar-refractivity contribution is 6.20. The Hall–Kier alpha value is -6.20. The summed E-state index contributed by atoms with van der Waals surface area (Å²) in [5, 5.41) is 6.63. The molecule has 0 aliphatic heterocycles. The fraction of sp³-hybridized carbons (Fsp3) is 0. The van der Waals surface area contributed by atoms with Crippen molar-refractivity contribution in [1.29, 1.82) is 0 Å². The maximum Gasteiger partial charge on any atom is 0.233 e. The van der Waals surface area contributed by atoms with Gasteiger partial charge in [0.25, 0.3) is 0 Å². The summed E-state index contributed by atoms with van der Waals surface area (Å²) < 4.78 is 11.1. The van der Waals surface area contributed by atoms with E-state index in [2.05, 4.69) is 106 Å². The van der Waals surface area contributed by atoms with Gasteiger partial charge in [0.15, 0.2) is 11.6 Å². The Morgan fingerprint density at radius 1 is 0.444 bits per heavy atom. The SMILES string of the molecule is c1ccc(-c2nc(-n3c4ccccc4c4cc5c(cc43)c3ccccc3n5-c3ccccc3)c3c(n2)oc2ccccc23)cc1. The van der Waals surface area contributed by atoms with Crippen molar-refractivity contribution >= 4 is 65.7 Å². The van der Waals surface area contributed by atoms with Gasteiger partial charge < -0.3 is 8.98 Å². The molecule has 10 aromatic rings. The third kappa shape index (κ3) is 3.43. The fourth-order valence-corrected chi connectivity index (χ4v) is 7.00. The second kappa shape index (κ2) is 9.15. The number of benzene rings is 6. The van der Waals surface area contributed by atoms with E-state index >= 15 is 0 Å². The molecule has 0 atom stereocenters. The van der Waals surface area contributed by atoms with E-state index in [-0.39, 0.29) is 0 Å². The summed E-state index contributed by atoms with van der Waals surface area (Å²) in [6.45, 7) is 0. The van der Waals surface area contributed by atoms with Gasteiger partial charge >= 0.3 is 0 Å². The van der Waals surface area contributed by atoms with Crippen molar-refractivity contribution in [3.05, 3.63) is 146 Å². The van der Waals surface area contributed by atoms with Crippen molar-refractivity contribution in [2.45, 2.75) is 0 Å².